The molecule has 0 aromatic carbocycles. The fourth-order valence-corrected chi connectivity index (χ4v) is 1.77. The molecule has 13 heteroatoms. The summed E-state index contributed by atoms with van der Waals surface area (Å²) in [6.45, 7) is 0. The van der Waals surface area contributed by atoms with Crippen LogP contribution in [0.1, 0.15) is 6.41 Å². The van der Waals surface area contributed by atoms with E-state index in [4.69, 9.17) is 25.0 Å². The van der Waals surface area contributed by atoms with E-state index in [-0.39, 0.29) is 64.9 Å². The molecule has 10 nitrogen and oxygen atoms in total. The molecule has 104 valence electrons. The van der Waals surface area contributed by atoms with Gasteiger partial charge in [0.05, 0.1) is 0 Å². The summed E-state index contributed by atoms with van der Waals surface area (Å²) in [5, 5.41) is 0. The molecule has 0 aliphatic rings. The third-order valence-electron chi connectivity index (χ3n) is 2.20. The molecule has 0 saturated carbocycles. The van der Waals surface area contributed by atoms with Crippen molar-refractivity contribution in [1.82, 2.24) is 19.5 Å². The van der Waals surface area contributed by atoms with E-state index in [1.807, 2.05) is 0 Å². The molecule has 2 aromatic rings. The number of nitrogens with zero attached hydrogens (tertiary/aromatic N) is 4. The van der Waals surface area contributed by atoms with Gasteiger partial charge in [0.15, 0.2) is 17.8 Å². The van der Waals surface area contributed by atoms with Crippen molar-refractivity contribution < 1.29 is 82.9 Å². The second-order valence-electron chi connectivity index (χ2n) is 3.59. The number of nitrogen functional groups attached to an aromatic ring is 1. The molecule has 4 N–H and O–H groups in total. The van der Waals surface area contributed by atoms with Crippen LogP contribution in [0.2, 0.25) is 0 Å². The Labute approximate surface area is 164 Å². The van der Waals surface area contributed by atoms with Gasteiger partial charge >= 0.3 is 66.7 Å². The van der Waals surface area contributed by atoms with Gasteiger partial charge in [0.1, 0.15) is 18.2 Å². The van der Waals surface area contributed by atoms with E-state index in [0.29, 0.717) is 11.2 Å². The number of imidazole rings is 1. The zero-order valence-electron chi connectivity index (χ0n) is 11.9. The molecule has 2 heterocycles. The van der Waals surface area contributed by atoms with Crippen LogP contribution >= 0.6 is 7.60 Å². The van der Waals surface area contributed by atoms with E-state index in [1.54, 1.807) is 0 Å². The molecule has 0 saturated heterocycles. The summed E-state index contributed by atoms with van der Waals surface area (Å²) < 4.78 is 22.1. The molecule has 0 spiro atoms. The van der Waals surface area contributed by atoms with Crippen molar-refractivity contribution in [3.63, 3.8) is 0 Å². The first kappa shape index (κ1) is 21.4. The predicted octanol–water partition coefficient (Wildman–Crippen LogP) is -6.33. The molecule has 0 radical (unpaired) electrons. The number of aromatic nitrogens is 4. The summed E-state index contributed by atoms with van der Waals surface area (Å²) in [5.41, 5.74) is 6.31. The molecule has 0 fully saturated rings. The third-order valence-corrected chi connectivity index (χ3v) is 2.69. The number of ether oxygens (including phenoxy) is 2. The molecule has 2 aromatic heterocycles. The molecule has 21 heavy (non-hydrogen) atoms. The molecule has 0 aliphatic carbocycles. The molecule has 0 amide bonds. The van der Waals surface area contributed by atoms with Crippen LogP contribution in [0.4, 0.5) is 5.82 Å². The van der Waals surface area contributed by atoms with Crippen LogP contribution in [0.25, 0.3) is 11.2 Å². The Balaban J connectivity index is 0.00000200. The van der Waals surface area contributed by atoms with Gasteiger partial charge in [-0.2, -0.15) is 0 Å². The summed E-state index contributed by atoms with van der Waals surface area (Å²) in [6, 6.07) is 0. The molecular formula is C8H12N5Na2O5P+2. The van der Waals surface area contributed by atoms with Crippen molar-refractivity contribution in [2.75, 3.05) is 19.2 Å². The second-order valence-corrected chi connectivity index (χ2v) is 5.17. The number of hydrogen-bond acceptors (Lipinski definition) is 7. The van der Waals surface area contributed by atoms with Crippen molar-refractivity contribution in [2.24, 2.45) is 0 Å². The van der Waals surface area contributed by atoms with Crippen molar-refractivity contribution >= 4 is 24.6 Å². The van der Waals surface area contributed by atoms with E-state index in [9.17, 15) is 4.57 Å². The van der Waals surface area contributed by atoms with E-state index >= 15 is 0 Å². The van der Waals surface area contributed by atoms with Gasteiger partial charge < -0.3 is 25.0 Å². The summed E-state index contributed by atoms with van der Waals surface area (Å²) in [5.74, 6) is 0.189. The molecule has 1 unspecified atom stereocenters. The predicted molar refractivity (Wildman–Crippen MR) is 63.8 cm³/mol. The minimum absolute atomic E-state index is 0. The summed E-state index contributed by atoms with van der Waals surface area (Å²) >= 11 is 0. The van der Waals surface area contributed by atoms with Crippen LogP contribution in [0.15, 0.2) is 12.7 Å². The largest absolute Gasteiger partial charge is 1.00 e. The number of nitrogens with two attached hydrogens (primary N) is 1. The van der Waals surface area contributed by atoms with Crippen molar-refractivity contribution in [1.29, 1.82) is 0 Å². The molecular weight excluding hydrogens is 323 g/mol. The van der Waals surface area contributed by atoms with Gasteiger partial charge in [-0.25, -0.2) is 15.0 Å². The molecule has 0 bridgehead atoms. The first-order valence-electron chi connectivity index (χ1n) is 5.04. The average molecular weight is 335 g/mol. The quantitative estimate of drug-likeness (QED) is 0.276. The van der Waals surface area contributed by atoms with Gasteiger partial charge in [0.2, 0.25) is 6.41 Å². The van der Waals surface area contributed by atoms with Crippen molar-refractivity contribution in [2.45, 2.75) is 6.41 Å². The van der Waals surface area contributed by atoms with Gasteiger partial charge in [-0.15, -0.1) is 0 Å². The van der Waals surface area contributed by atoms with Crippen LogP contribution in [0, 0.1) is 0 Å². The van der Waals surface area contributed by atoms with E-state index in [0.717, 1.165) is 0 Å². The van der Waals surface area contributed by atoms with Crippen molar-refractivity contribution in [3.05, 3.63) is 12.7 Å². The Morgan fingerprint density at radius 1 is 1.38 bits per heavy atom. The Morgan fingerprint density at radius 2 is 2.05 bits per heavy atom. The second kappa shape index (κ2) is 8.90. The van der Waals surface area contributed by atoms with Gasteiger partial charge in [-0.3, -0.25) is 9.13 Å². The fourth-order valence-electron chi connectivity index (χ4n) is 1.45. The van der Waals surface area contributed by atoms with Crippen LogP contribution in [0.3, 0.4) is 0 Å². The van der Waals surface area contributed by atoms with Gasteiger partial charge in [0.25, 0.3) is 0 Å². The maximum absolute atomic E-state index is 10.8. The summed E-state index contributed by atoms with van der Waals surface area (Å²) in [4.78, 5) is 29.3. The van der Waals surface area contributed by atoms with E-state index < -0.39 is 20.4 Å². The zero-order valence-corrected chi connectivity index (χ0v) is 16.8. The van der Waals surface area contributed by atoms with Gasteiger partial charge in [0, 0.05) is 7.11 Å². The summed E-state index contributed by atoms with van der Waals surface area (Å²) in [7, 11) is -2.98. The van der Waals surface area contributed by atoms with Crippen LogP contribution in [0.5, 0.6) is 0 Å². The summed E-state index contributed by atoms with van der Waals surface area (Å²) in [6.07, 6.45) is 0.716. The number of methoxy groups -OCH3 is 1. The van der Waals surface area contributed by atoms with Gasteiger partial charge in [-0.05, 0) is 0 Å². The Hall–Kier alpha value is 0.420. The first-order valence-corrected chi connectivity index (χ1v) is 6.84. The Bertz CT molecular complexity index is 635. The van der Waals surface area contributed by atoms with E-state index in [2.05, 4.69) is 15.0 Å². The standard InChI is InChI=1S/C8H12N5O5P.2Na/c1-17-8(18-4-19(14,15)16)13-3-12-5-6(9)10-2-11-7(5)13;;/h2-3,8H,4H2,1H3,(H2,9,10,11)(H2,14,15,16);;/q;2*+1. The topological polar surface area (TPSA) is 146 Å². The first-order chi connectivity index (χ1) is 8.92. The number of hydrogen-bond donors (Lipinski definition) is 3. The van der Waals surface area contributed by atoms with Crippen LogP contribution in [-0.2, 0) is 14.0 Å². The minimum Gasteiger partial charge on any atom is -0.382 e. The van der Waals surface area contributed by atoms with Gasteiger partial charge in [-0.1, -0.05) is 0 Å². The van der Waals surface area contributed by atoms with Crippen molar-refractivity contribution in [3.8, 4) is 0 Å². The average Bonchev–Trinajstić information content (AvgIpc) is 2.74. The maximum Gasteiger partial charge on any atom is 1.00 e. The number of fused-ring (bicyclic) bond motifs is 1. The molecule has 2 rings (SSSR count). The monoisotopic (exact) mass is 335 g/mol. The van der Waals surface area contributed by atoms with E-state index in [1.165, 1.54) is 24.3 Å². The minimum atomic E-state index is -4.30. The molecule has 0 aliphatic heterocycles. The smallest absolute Gasteiger partial charge is 0.382 e. The zero-order chi connectivity index (χ0) is 14.0. The Kier molecular flexibility index (Phi) is 9.08. The SMILES string of the molecule is COC(OCP(=O)(O)O)n1cnc2c(N)ncnc21.[Na+].[Na+]. The number of anilines is 1. The third kappa shape index (κ3) is 5.52. The Morgan fingerprint density at radius 3 is 2.62 bits per heavy atom. The molecule has 1 atom stereocenters. The van der Waals surface area contributed by atoms with Crippen LogP contribution in [-0.4, -0.2) is 42.8 Å². The number of rotatable bonds is 5. The van der Waals surface area contributed by atoms with Crippen LogP contribution < -0.4 is 64.8 Å². The normalized spacial score (nSPS) is 12.5. The maximum atomic E-state index is 10.8. The fraction of sp³-hybridized carbons (Fsp3) is 0.375.